The summed E-state index contributed by atoms with van der Waals surface area (Å²) >= 11 is 0. The molecule has 0 aliphatic carbocycles. The predicted octanol–water partition coefficient (Wildman–Crippen LogP) is 0.365. The maximum atomic E-state index is 12.3. The van der Waals surface area contributed by atoms with E-state index in [0.717, 1.165) is 70.6 Å². The number of hydrogen-bond acceptors (Lipinski definition) is 14. The van der Waals surface area contributed by atoms with Gasteiger partial charge in [0.05, 0.1) is 39.6 Å². The first-order chi connectivity index (χ1) is 32.0. The van der Waals surface area contributed by atoms with Crippen LogP contribution in [0.3, 0.4) is 0 Å². The Morgan fingerprint density at radius 1 is 0.373 bits per heavy atom. The van der Waals surface area contributed by atoms with Gasteiger partial charge < -0.3 is 71.7 Å². The second kappa shape index (κ2) is 40.8. The first kappa shape index (κ1) is 61.5. The number of carboxylic acid groups (broad SMARTS) is 4. The van der Waals surface area contributed by atoms with E-state index in [2.05, 4.69) is 26.6 Å². The molecular formula is C43H74N6O18. The van der Waals surface area contributed by atoms with E-state index >= 15 is 0 Å². The molecule has 0 radical (unpaired) electrons. The van der Waals surface area contributed by atoms with Gasteiger partial charge in [-0.2, -0.15) is 0 Å². The van der Waals surface area contributed by atoms with Gasteiger partial charge in [-0.25, -0.2) is 14.4 Å². The minimum atomic E-state index is -1.46. The van der Waals surface area contributed by atoms with Crippen molar-refractivity contribution in [2.24, 2.45) is 5.73 Å². The van der Waals surface area contributed by atoms with Crippen LogP contribution in [0.1, 0.15) is 128 Å². The zero-order valence-electron chi connectivity index (χ0n) is 38.5. The topological polar surface area (TPSA) is 375 Å². The summed E-state index contributed by atoms with van der Waals surface area (Å²) in [7, 11) is 0. The maximum Gasteiger partial charge on any atom is 0.326 e. The summed E-state index contributed by atoms with van der Waals surface area (Å²) < 4.78 is 21.1. The Labute approximate surface area is 390 Å². The van der Waals surface area contributed by atoms with Crippen LogP contribution in [-0.4, -0.2) is 164 Å². The van der Waals surface area contributed by atoms with Crippen molar-refractivity contribution in [3.05, 3.63) is 0 Å². The highest BCUT2D eigenvalue weighted by Crippen LogP contribution is 2.13. The van der Waals surface area contributed by atoms with E-state index in [-0.39, 0.29) is 110 Å². The standard InChI is InChI=1S/C43H74N6O18/c44-34(50)18-15-31(41(58)59)48-37(53)20-17-33(43(62)63)49-39(55)30-67-28-26-65-24-22-46-38(54)29-66-27-25-64-23-21-45-35(51)19-16-32(42(60)61)47-36(52)13-11-9-7-5-3-1-2-4-6-8-10-12-14-40(56)57/h31-33H,1-30H2,(H2,44,50)(H,45,51)(H,46,54)(H,47,52)(H,48,53)(H,49,55)(H,56,57)(H,58,59)(H,60,61)(H,62,63). The van der Waals surface area contributed by atoms with Crippen LogP contribution in [0.5, 0.6) is 0 Å². The molecule has 0 heterocycles. The third-order valence-electron chi connectivity index (χ3n) is 9.79. The Hall–Kier alpha value is -5.46. The third kappa shape index (κ3) is 39.4. The van der Waals surface area contributed by atoms with Gasteiger partial charge in [0, 0.05) is 45.2 Å². The lowest BCUT2D eigenvalue weighted by molar-refractivity contribution is -0.144. The number of unbranched alkanes of at least 4 members (excludes halogenated alkanes) is 11. The fourth-order valence-corrected chi connectivity index (χ4v) is 6.14. The molecule has 0 spiro atoms. The number of hydrogen-bond donors (Lipinski definition) is 10. The van der Waals surface area contributed by atoms with E-state index in [1.807, 2.05) is 0 Å². The van der Waals surface area contributed by atoms with E-state index in [4.69, 9.17) is 34.9 Å². The molecule has 0 saturated carbocycles. The molecule has 0 bridgehead atoms. The average molecular weight is 963 g/mol. The molecule has 0 saturated heterocycles. The molecule has 0 aliphatic rings. The van der Waals surface area contributed by atoms with E-state index < -0.39 is 84.6 Å². The highest BCUT2D eigenvalue weighted by molar-refractivity contribution is 5.87. The van der Waals surface area contributed by atoms with Crippen LogP contribution in [0.4, 0.5) is 0 Å². The monoisotopic (exact) mass is 963 g/mol. The smallest absolute Gasteiger partial charge is 0.326 e. The van der Waals surface area contributed by atoms with Crippen molar-refractivity contribution in [1.82, 2.24) is 26.6 Å². The molecule has 3 atom stereocenters. The third-order valence-corrected chi connectivity index (χ3v) is 9.79. The Kier molecular flexibility index (Phi) is 37.5. The molecule has 3 unspecified atom stereocenters. The second-order valence-electron chi connectivity index (χ2n) is 15.6. The number of primary amides is 1. The van der Waals surface area contributed by atoms with Gasteiger partial charge >= 0.3 is 23.9 Å². The molecule has 24 heteroatoms. The fourth-order valence-electron chi connectivity index (χ4n) is 6.14. The Bertz CT molecular complexity index is 1500. The first-order valence-corrected chi connectivity index (χ1v) is 22.9. The largest absolute Gasteiger partial charge is 0.481 e. The van der Waals surface area contributed by atoms with Gasteiger partial charge in [0.1, 0.15) is 31.3 Å². The Morgan fingerprint density at radius 3 is 1.15 bits per heavy atom. The van der Waals surface area contributed by atoms with Crippen molar-refractivity contribution < 1.29 is 87.3 Å². The minimum Gasteiger partial charge on any atom is -0.481 e. The number of ether oxygens (including phenoxy) is 4. The van der Waals surface area contributed by atoms with Crippen molar-refractivity contribution in [3.63, 3.8) is 0 Å². The zero-order chi connectivity index (χ0) is 50.1. The number of aliphatic carboxylic acids is 4. The van der Waals surface area contributed by atoms with E-state index in [1.165, 1.54) is 0 Å². The molecule has 0 aromatic rings. The maximum absolute atomic E-state index is 12.3. The lowest BCUT2D eigenvalue weighted by Crippen LogP contribution is -2.45. The number of carboxylic acids is 4. The van der Waals surface area contributed by atoms with Gasteiger partial charge in [-0.15, -0.1) is 0 Å². The average Bonchev–Trinajstić information content (AvgIpc) is 3.26. The number of rotatable bonds is 46. The quantitative estimate of drug-likeness (QED) is 0.0368. The van der Waals surface area contributed by atoms with Crippen molar-refractivity contribution >= 4 is 59.3 Å². The van der Waals surface area contributed by atoms with Gasteiger partial charge in [-0.05, 0) is 32.1 Å². The normalized spacial score (nSPS) is 12.2. The number of nitrogens with one attached hydrogen (secondary N) is 5. The highest BCUT2D eigenvalue weighted by Gasteiger charge is 2.25. The van der Waals surface area contributed by atoms with Crippen LogP contribution in [0, 0.1) is 0 Å². The van der Waals surface area contributed by atoms with Crippen molar-refractivity contribution in [3.8, 4) is 0 Å². The zero-order valence-corrected chi connectivity index (χ0v) is 38.5. The van der Waals surface area contributed by atoms with Crippen molar-refractivity contribution in [2.75, 3.05) is 65.9 Å². The number of carbonyl (C=O) groups excluding carboxylic acids is 6. The fraction of sp³-hybridized carbons (Fsp3) is 0.767. The predicted molar refractivity (Wildman–Crippen MR) is 237 cm³/mol. The number of amides is 6. The molecule has 6 amide bonds. The molecule has 24 nitrogen and oxygen atoms in total. The van der Waals surface area contributed by atoms with E-state index in [9.17, 15) is 58.2 Å². The summed E-state index contributed by atoms with van der Waals surface area (Å²) in [6, 6.07) is -4.03. The lowest BCUT2D eigenvalue weighted by Gasteiger charge is -2.16. The van der Waals surface area contributed by atoms with Crippen molar-refractivity contribution in [2.45, 2.75) is 147 Å². The Balaban J connectivity index is 3.87. The molecule has 0 aliphatic heterocycles. The van der Waals surface area contributed by atoms with Gasteiger partial charge in [-0.1, -0.05) is 64.2 Å². The molecule has 0 rings (SSSR count). The molecule has 384 valence electrons. The summed E-state index contributed by atoms with van der Waals surface area (Å²) in [5.41, 5.74) is 4.99. The van der Waals surface area contributed by atoms with Crippen LogP contribution in [0.2, 0.25) is 0 Å². The minimum absolute atomic E-state index is 0.0342. The van der Waals surface area contributed by atoms with Gasteiger partial charge in [0.15, 0.2) is 0 Å². The van der Waals surface area contributed by atoms with Crippen LogP contribution in [0.15, 0.2) is 0 Å². The summed E-state index contributed by atoms with van der Waals surface area (Å²) in [4.78, 5) is 117. The summed E-state index contributed by atoms with van der Waals surface area (Å²) in [5, 5.41) is 48.8. The second-order valence-corrected chi connectivity index (χ2v) is 15.6. The summed E-state index contributed by atoms with van der Waals surface area (Å²) in [6.45, 7) is 0.0618. The molecule has 0 aromatic heterocycles. The highest BCUT2D eigenvalue weighted by atomic mass is 16.5. The lowest BCUT2D eigenvalue weighted by atomic mass is 10.0. The van der Waals surface area contributed by atoms with Gasteiger partial charge in [0.25, 0.3) is 0 Å². The van der Waals surface area contributed by atoms with Gasteiger partial charge in [-0.3, -0.25) is 33.6 Å². The number of nitrogens with two attached hydrogens (primary N) is 1. The Morgan fingerprint density at radius 2 is 0.716 bits per heavy atom. The van der Waals surface area contributed by atoms with E-state index in [0.29, 0.717) is 6.42 Å². The van der Waals surface area contributed by atoms with Crippen LogP contribution in [0.25, 0.3) is 0 Å². The van der Waals surface area contributed by atoms with Crippen LogP contribution >= 0.6 is 0 Å². The molecular weight excluding hydrogens is 888 g/mol. The summed E-state index contributed by atoms with van der Waals surface area (Å²) in [5.74, 6) is -8.27. The molecule has 0 aromatic carbocycles. The summed E-state index contributed by atoms with van der Waals surface area (Å²) in [6.07, 6.45) is 11.1. The molecule has 0 fully saturated rings. The van der Waals surface area contributed by atoms with Crippen LogP contribution in [-0.2, 0) is 66.9 Å². The van der Waals surface area contributed by atoms with Crippen molar-refractivity contribution in [1.29, 1.82) is 0 Å². The molecule has 67 heavy (non-hydrogen) atoms. The van der Waals surface area contributed by atoms with Crippen LogP contribution < -0.4 is 32.3 Å². The number of carbonyl (C=O) groups is 10. The first-order valence-electron chi connectivity index (χ1n) is 22.9. The van der Waals surface area contributed by atoms with Gasteiger partial charge in [0.2, 0.25) is 35.4 Å². The SMILES string of the molecule is NC(=O)CCC(NC(=O)CCC(NC(=O)COCCOCCNC(=O)COCCOCCNC(=O)CCC(NC(=O)CCCCCCCCCCCCCCC(=O)O)C(=O)O)C(=O)O)C(=O)O. The molecule has 11 N–H and O–H groups in total. The van der Waals surface area contributed by atoms with E-state index in [1.54, 1.807) is 0 Å².